The van der Waals surface area contributed by atoms with Crippen molar-refractivity contribution in [2.24, 2.45) is 0 Å². The Balaban J connectivity index is 2.15. The lowest BCUT2D eigenvalue weighted by Crippen LogP contribution is -2.47. The van der Waals surface area contributed by atoms with Crippen molar-refractivity contribution in [3.05, 3.63) is 10.6 Å². The van der Waals surface area contributed by atoms with Crippen LogP contribution in [0.4, 0.5) is 4.79 Å². The van der Waals surface area contributed by atoms with Gasteiger partial charge in [0.1, 0.15) is 5.60 Å². The van der Waals surface area contributed by atoms with Crippen molar-refractivity contribution in [1.82, 2.24) is 19.7 Å². The molecule has 0 aliphatic carbocycles. The fraction of sp³-hybridized carbons (Fsp3) is 0.727. The molecule has 1 aromatic rings. The van der Waals surface area contributed by atoms with E-state index in [0.717, 1.165) is 5.82 Å². The van der Waals surface area contributed by atoms with Crippen molar-refractivity contribution in [3.63, 3.8) is 0 Å². The molecular weight excluding hydrogens is 300 g/mol. The SMILES string of the molecule is C[C@H]1Cn2c(Br)nnc2CN1C(=O)OC(C)(C)C. The Bertz CT molecular complexity index is 466. The maximum Gasteiger partial charge on any atom is 0.411 e. The standard InChI is InChI=1S/C11H17BrN4O2/c1-7-5-16-8(13-14-9(16)12)6-15(7)10(17)18-11(2,3)4/h7H,5-6H2,1-4H3/t7-/m0/s1. The summed E-state index contributed by atoms with van der Waals surface area (Å²) in [6.45, 7) is 8.66. The molecule has 0 radical (unpaired) electrons. The number of hydrogen-bond donors (Lipinski definition) is 0. The smallest absolute Gasteiger partial charge is 0.411 e. The van der Waals surface area contributed by atoms with Crippen LogP contribution in [0.3, 0.4) is 0 Å². The van der Waals surface area contributed by atoms with Crippen molar-refractivity contribution in [1.29, 1.82) is 0 Å². The first-order valence-electron chi connectivity index (χ1n) is 5.85. The molecule has 1 aromatic heterocycles. The molecule has 0 spiro atoms. The molecule has 100 valence electrons. The van der Waals surface area contributed by atoms with Crippen LogP contribution in [0.2, 0.25) is 0 Å². The maximum absolute atomic E-state index is 12.1. The number of ether oxygens (including phenoxy) is 1. The van der Waals surface area contributed by atoms with E-state index in [2.05, 4.69) is 26.1 Å². The first-order chi connectivity index (χ1) is 8.28. The largest absolute Gasteiger partial charge is 0.444 e. The van der Waals surface area contributed by atoms with Crippen LogP contribution in [-0.2, 0) is 17.8 Å². The summed E-state index contributed by atoms with van der Waals surface area (Å²) >= 11 is 3.34. The van der Waals surface area contributed by atoms with E-state index in [0.29, 0.717) is 17.8 Å². The predicted molar refractivity (Wildman–Crippen MR) is 69.0 cm³/mol. The second kappa shape index (κ2) is 4.53. The van der Waals surface area contributed by atoms with Crippen LogP contribution in [0.25, 0.3) is 0 Å². The fourth-order valence-corrected chi connectivity index (χ4v) is 2.28. The zero-order valence-electron chi connectivity index (χ0n) is 11.0. The van der Waals surface area contributed by atoms with E-state index in [-0.39, 0.29) is 12.1 Å². The lowest BCUT2D eigenvalue weighted by Gasteiger charge is -2.34. The van der Waals surface area contributed by atoms with E-state index in [1.54, 1.807) is 4.90 Å². The first kappa shape index (κ1) is 13.3. The topological polar surface area (TPSA) is 60.2 Å². The highest BCUT2D eigenvalue weighted by atomic mass is 79.9. The summed E-state index contributed by atoms with van der Waals surface area (Å²) in [6.07, 6.45) is -0.305. The van der Waals surface area contributed by atoms with Crippen LogP contribution in [-0.4, -0.2) is 37.4 Å². The van der Waals surface area contributed by atoms with Gasteiger partial charge in [0, 0.05) is 6.54 Å². The Hall–Kier alpha value is -1.11. The number of halogens is 1. The molecule has 0 bridgehead atoms. The van der Waals surface area contributed by atoms with Crippen molar-refractivity contribution in [3.8, 4) is 0 Å². The molecule has 7 heteroatoms. The molecule has 1 atom stereocenters. The first-order valence-corrected chi connectivity index (χ1v) is 6.64. The second-order valence-corrected chi connectivity index (χ2v) is 6.16. The van der Waals surface area contributed by atoms with Crippen LogP contribution in [0.5, 0.6) is 0 Å². The van der Waals surface area contributed by atoms with E-state index < -0.39 is 5.60 Å². The quantitative estimate of drug-likeness (QED) is 0.736. The van der Waals surface area contributed by atoms with Gasteiger partial charge in [0.15, 0.2) is 10.6 Å². The Morgan fingerprint density at radius 1 is 1.44 bits per heavy atom. The molecule has 1 aliphatic rings. The normalized spacial score (nSPS) is 19.6. The van der Waals surface area contributed by atoms with Crippen molar-refractivity contribution in [2.45, 2.75) is 52.4 Å². The fourth-order valence-electron chi connectivity index (χ4n) is 1.85. The number of carbonyl (C=O) groups is 1. The summed E-state index contributed by atoms with van der Waals surface area (Å²) in [5.41, 5.74) is -0.484. The minimum atomic E-state index is -0.484. The average Bonchev–Trinajstić information content (AvgIpc) is 2.56. The molecule has 0 fully saturated rings. The molecular formula is C11H17BrN4O2. The molecule has 18 heavy (non-hydrogen) atoms. The van der Waals surface area contributed by atoms with Gasteiger partial charge < -0.3 is 9.30 Å². The minimum absolute atomic E-state index is 0.0552. The number of nitrogens with zero attached hydrogens (tertiary/aromatic N) is 4. The molecule has 0 saturated heterocycles. The van der Waals surface area contributed by atoms with Crippen LogP contribution < -0.4 is 0 Å². The second-order valence-electron chi connectivity index (χ2n) is 5.45. The van der Waals surface area contributed by atoms with E-state index in [1.807, 2.05) is 32.3 Å². The van der Waals surface area contributed by atoms with Gasteiger partial charge in [0.25, 0.3) is 0 Å². The lowest BCUT2D eigenvalue weighted by atomic mass is 10.2. The number of aromatic nitrogens is 3. The van der Waals surface area contributed by atoms with Crippen molar-refractivity contribution < 1.29 is 9.53 Å². The van der Waals surface area contributed by atoms with Crippen LogP contribution in [0, 0.1) is 0 Å². The van der Waals surface area contributed by atoms with E-state index in [9.17, 15) is 4.79 Å². The molecule has 0 N–H and O–H groups in total. The zero-order chi connectivity index (χ0) is 13.5. The number of amides is 1. The molecule has 0 saturated carbocycles. The lowest BCUT2D eigenvalue weighted by molar-refractivity contribution is 0.00922. The summed E-state index contributed by atoms with van der Waals surface area (Å²) in [5.74, 6) is 0.769. The summed E-state index contributed by atoms with van der Waals surface area (Å²) in [6, 6.07) is 0.0552. The molecule has 2 rings (SSSR count). The van der Waals surface area contributed by atoms with Gasteiger partial charge in [0.05, 0.1) is 12.6 Å². The van der Waals surface area contributed by atoms with Gasteiger partial charge >= 0.3 is 6.09 Å². The summed E-state index contributed by atoms with van der Waals surface area (Å²) < 4.78 is 8.05. The van der Waals surface area contributed by atoms with Gasteiger partial charge in [0.2, 0.25) is 0 Å². The molecule has 1 aliphatic heterocycles. The Kier molecular flexibility index (Phi) is 3.35. The van der Waals surface area contributed by atoms with Gasteiger partial charge in [-0.3, -0.25) is 4.90 Å². The van der Waals surface area contributed by atoms with E-state index >= 15 is 0 Å². The monoisotopic (exact) mass is 316 g/mol. The van der Waals surface area contributed by atoms with Crippen molar-refractivity contribution in [2.75, 3.05) is 0 Å². The van der Waals surface area contributed by atoms with Gasteiger partial charge in [-0.2, -0.15) is 0 Å². The van der Waals surface area contributed by atoms with Crippen LogP contribution in [0.15, 0.2) is 4.73 Å². The van der Waals surface area contributed by atoms with E-state index in [4.69, 9.17) is 4.74 Å². The minimum Gasteiger partial charge on any atom is -0.444 e. The third-order valence-corrected chi connectivity index (χ3v) is 3.29. The summed E-state index contributed by atoms with van der Waals surface area (Å²) in [4.78, 5) is 13.8. The highest BCUT2D eigenvalue weighted by Gasteiger charge is 2.32. The summed E-state index contributed by atoms with van der Waals surface area (Å²) in [5, 5.41) is 7.99. The Morgan fingerprint density at radius 2 is 2.11 bits per heavy atom. The highest BCUT2D eigenvalue weighted by molar-refractivity contribution is 9.10. The number of hydrogen-bond acceptors (Lipinski definition) is 4. The Morgan fingerprint density at radius 3 is 2.72 bits per heavy atom. The predicted octanol–water partition coefficient (Wildman–Crippen LogP) is 2.18. The van der Waals surface area contributed by atoms with Gasteiger partial charge in [-0.1, -0.05) is 0 Å². The molecule has 2 heterocycles. The van der Waals surface area contributed by atoms with E-state index in [1.165, 1.54) is 0 Å². The number of rotatable bonds is 0. The third-order valence-electron chi connectivity index (χ3n) is 2.70. The maximum atomic E-state index is 12.1. The average molecular weight is 317 g/mol. The van der Waals surface area contributed by atoms with Crippen molar-refractivity contribution >= 4 is 22.0 Å². The number of carbonyl (C=O) groups excluding carboxylic acids is 1. The molecule has 1 amide bonds. The van der Waals surface area contributed by atoms with Gasteiger partial charge in [-0.25, -0.2) is 4.79 Å². The molecule has 6 nitrogen and oxygen atoms in total. The summed E-state index contributed by atoms with van der Waals surface area (Å²) in [7, 11) is 0. The highest BCUT2D eigenvalue weighted by Crippen LogP contribution is 2.22. The van der Waals surface area contributed by atoms with Crippen LogP contribution in [0.1, 0.15) is 33.5 Å². The number of fused-ring (bicyclic) bond motifs is 1. The molecule has 0 unspecified atom stereocenters. The van der Waals surface area contributed by atoms with Gasteiger partial charge in [-0.15, -0.1) is 10.2 Å². The Labute approximate surface area is 114 Å². The molecule has 0 aromatic carbocycles. The third kappa shape index (κ3) is 2.66. The van der Waals surface area contributed by atoms with Crippen LogP contribution >= 0.6 is 15.9 Å². The van der Waals surface area contributed by atoms with Gasteiger partial charge in [-0.05, 0) is 43.6 Å². The zero-order valence-corrected chi connectivity index (χ0v) is 12.6.